The first-order chi connectivity index (χ1) is 10.0. The first kappa shape index (κ1) is 14.8. The maximum Gasteiger partial charge on any atom is 0.267 e. The fraction of sp³-hybridized carbons (Fsp3) is 0. The fourth-order valence-electron chi connectivity index (χ4n) is 1.98. The predicted octanol–water partition coefficient (Wildman–Crippen LogP) is 5.10. The molecule has 0 bridgehead atoms. The summed E-state index contributed by atoms with van der Waals surface area (Å²) < 4.78 is 3.09. The first-order valence-electron chi connectivity index (χ1n) is 6.09. The Morgan fingerprint density at radius 2 is 1.90 bits per heavy atom. The quantitative estimate of drug-likeness (QED) is 0.509. The van der Waals surface area contributed by atoms with Gasteiger partial charge in [-0.05, 0) is 59.0 Å². The molecule has 0 unspecified atom stereocenters. The van der Waals surface area contributed by atoms with Crippen LogP contribution in [0.2, 0.25) is 0 Å². The lowest BCUT2D eigenvalue weighted by atomic mass is 10.2. The number of nitrogens with one attached hydrogen (secondary N) is 1. The van der Waals surface area contributed by atoms with E-state index < -0.39 is 0 Å². The third-order valence-electron chi connectivity index (χ3n) is 3.00. The van der Waals surface area contributed by atoms with Crippen molar-refractivity contribution in [3.63, 3.8) is 0 Å². The molecular weight excluding hydrogens is 463 g/mol. The summed E-state index contributed by atoms with van der Waals surface area (Å²) in [5.41, 5.74) is 7.40. The van der Waals surface area contributed by atoms with Gasteiger partial charge in [0, 0.05) is 23.8 Å². The number of nitrogen functional groups attached to an aromatic ring is 1. The molecule has 3 aromatic rings. The monoisotopic (exact) mass is 472 g/mol. The number of halogens is 2. The summed E-state index contributed by atoms with van der Waals surface area (Å²) in [6.07, 6.45) is 0. The molecule has 3 N–H and O–H groups in total. The van der Waals surface area contributed by atoms with Crippen molar-refractivity contribution in [2.45, 2.75) is 0 Å². The van der Waals surface area contributed by atoms with E-state index in [0.29, 0.717) is 10.6 Å². The van der Waals surface area contributed by atoms with Gasteiger partial charge in [-0.2, -0.15) is 0 Å². The van der Waals surface area contributed by atoms with E-state index in [-0.39, 0.29) is 5.91 Å². The summed E-state index contributed by atoms with van der Waals surface area (Å²) in [6.45, 7) is 0. The molecule has 3 rings (SSSR count). The zero-order valence-electron chi connectivity index (χ0n) is 10.7. The van der Waals surface area contributed by atoms with Crippen molar-refractivity contribution >= 4 is 77.2 Å². The molecule has 0 spiro atoms. The number of hydrogen-bond acceptors (Lipinski definition) is 3. The Balaban J connectivity index is 1.94. The SMILES string of the molecule is Nc1c(C(=O)Nc2ccc(I)cc2)sc2cc(Br)ccc12. The standard InChI is InChI=1S/C15H10BrIN2OS/c16-8-1-6-11-12(7-8)21-14(13(11)18)15(20)19-10-4-2-9(17)3-5-10/h1-7H,18H2,(H,19,20). The van der Waals surface area contributed by atoms with E-state index in [0.717, 1.165) is 23.8 Å². The minimum Gasteiger partial charge on any atom is -0.397 e. The van der Waals surface area contributed by atoms with Crippen molar-refractivity contribution in [1.29, 1.82) is 0 Å². The Labute approximate surface area is 147 Å². The second kappa shape index (κ2) is 5.94. The highest BCUT2D eigenvalue weighted by Gasteiger charge is 2.16. The molecule has 6 heteroatoms. The molecule has 106 valence electrons. The van der Waals surface area contributed by atoms with Gasteiger partial charge in [0.15, 0.2) is 0 Å². The van der Waals surface area contributed by atoms with Gasteiger partial charge < -0.3 is 11.1 Å². The molecule has 0 aliphatic heterocycles. The molecule has 0 radical (unpaired) electrons. The third kappa shape index (κ3) is 3.07. The molecule has 1 heterocycles. The van der Waals surface area contributed by atoms with E-state index in [1.54, 1.807) is 0 Å². The molecule has 0 aliphatic rings. The van der Waals surface area contributed by atoms with Crippen LogP contribution in [0.25, 0.3) is 10.1 Å². The molecule has 0 atom stereocenters. The van der Waals surface area contributed by atoms with Crippen LogP contribution in [0.1, 0.15) is 9.67 Å². The predicted molar refractivity (Wildman–Crippen MR) is 101 cm³/mol. The van der Waals surface area contributed by atoms with E-state index in [1.807, 2.05) is 42.5 Å². The zero-order chi connectivity index (χ0) is 15.0. The summed E-state index contributed by atoms with van der Waals surface area (Å²) in [5.74, 6) is -0.175. The van der Waals surface area contributed by atoms with Gasteiger partial charge in [0.1, 0.15) is 4.88 Å². The molecule has 0 saturated carbocycles. The highest BCUT2D eigenvalue weighted by molar-refractivity contribution is 14.1. The lowest BCUT2D eigenvalue weighted by molar-refractivity contribution is 0.103. The topological polar surface area (TPSA) is 55.1 Å². The van der Waals surface area contributed by atoms with Gasteiger partial charge in [0.05, 0.1) is 5.69 Å². The summed E-state index contributed by atoms with van der Waals surface area (Å²) in [6, 6.07) is 13.5. The van der Waals surface area contributed by atoms with Crippen molar-refractivity contribution in [2.75, 3.05) is 11.1 Å². The number of thiophene rings is 1. The van der Waals surface area contributed by atoms with Crippen LogP contribution in [0, 0.1) is 3.57 Å². The molecule has 0 fully saturated rings. The number of amides is 1. The second-order valence-corrected chi connectivity index (χ2v) is 7.66. The molecule has 0 saturated heterocycles. The van der Waals surface area contributed by atoms with Crippen molar-refractivity contribution in [3.05, 3.63) is 55.4 Å². The zero-order valence-corrected chi connectivity index (χ0v) is 15.3. The molecule has 21 heavy (non-hydrogen) atoms. The van der Waals surface area contributed by atoms with Crippen molar-refractivity contribution in [3.8, 4) is 0 Å². The summed E-state index contributed by atoms with van der Waals surface area (Å²) >= 11 is 7.05. The average molecular weight is 473 g/mol. The molecule has 1 aromatic heterocycles. The lowest BCUT2D eigenvalue weighted by Gasteiger charge is -2.04. The van der Waals surface area contributed by atoms with Crippen LogP contribution in [0.3, 0.4) is 0 Å². The highest BCUT2D eigenvalue weighted by atomic mass is 127. The van der Waals surface area contributed by atoms with Crippen LogP contribution in [0.15, 0.2) is 46.9 Å². The number of carbonyl (C=O) groups is 1. The smallest absolute Gasteiger partial charge is 0.267 e. The van der Waals surface area contributed by atoms with Gasteiger partial charge >= 0.3 is 0 Å². The van der Waals surface area contributed by atoms with Gasteiger partial charge in [-0.3, -0.25) is 4.79 Å². The summed E-state index contributed by atoms with van der Waals surface area (Å²) in [7, 11) is 0. The molecule has 2 aromatic carbocycles. The van der Waals surface area contributed by atoms with Crippen LogP contribution in [0.4, 0.5) is 11.4 Å². The molecule has 3 nitrogen and oxygen atoms in total. The van der Waals surface area contributed by atoms with E-state index in [1.165, 1.54) is 11.3 Å². The van der Waals surface area contributed by atoms with Gasteiger partial charge in [0.25, 0.3) is 5.91 Å². The lowest BCUT2D eigenvalue weighted by Crippen LogP contribution is -2.11. The molecule has 0 aliphatic carbocycles. The second-order valence-electron chi connectivity index (χ2n) is 4.45. The van der Waals surface area contributed by atoms with Crippen molar-refractivity contribution in [1.82, 2.24) is 0 Å². The van der Waals surface area contributed by atoms with E-state index in [9.17, 15) is 4.79 Å². The number of rotatable bonds is 2. The largest absolute Gasteiger partial charge is 0.397 e. The minimum atomic E-state index is -0.175. The van der Waals surface area contributed by atoms with Gasteiger partial charge in [-0.15, -0.1) is 11.3 Å². The Bertz CT molecular complexity index is 830. The molecular formula is C15H10BrIN2OS. The van der Waals surface area contributed by atoms with E-state index >= 15 is 0 Å². The van der Waals surface area contributed by atoms with Crippen LogP contribution in [0.5, 0.6) is 0 Å². The van der Waals surface area contributed by atoms with Crippen molar-refractivity contribution < 1.29 is 4.79 Å². The Kier molecular flexibility index (Phi) is 4.19. The number of anilines is 2. The maximum atomic E-state index is 12.4. The van der Waals surface area contributed by atoms with Crippen LogP contribution < -0.4 is 11.1 Å². The molecule has 1 amide bonds. The highest BCUT2D eigenvalue weighted by Crippen LogP contribution is 2.35. The number of nitrogens with two attached hydrogens (primary N) is 1. The number of benzene rings is 2. The van der Waals surface area contributed by atoms with E-state index in [4.69, 9.17) is 5.73 Å². The maximum absolute atomic E-state index is 12.4. The Morgan fingerprint density at radius 3 is 2.62 bits per heavy atom. The van der Waals surface area contributed by atoms with Crippen molar-refractivity contribution in [2.24, 2.45) is 0 Å². The average Bonchev–Trinajstić information content (AvgIpc) is 2.78. The van der Waals surface area contributed by atoms with Crippen LogP contribution in [-0.2, 0) is 0 Å². The van der Waals surface area contributed by atoms with Gasteiger partial charge in [-0.25, -0.2) is 0 Å². The summed E-state index contributed by atoms with van der Waals surface area (Å²) in [5, 5.41) is 3.79. The number of carbonyl (C=O) groups excluding carboxylic acids is 1. The van der Waals surface area contributed by atoms with Crippen LogP contribution in [-0.4, -0.2) is 5.91 Å². The van der Waals surface area contributed by atoms with E-state index in [2.05, 4.69) is 43.8 Å². The number of hydrogen-bond donors (Lipinski definition) is 2. The summed E-state index contributed by atoms with van der Waals surface area (Å²) in [4.78, 5) is 12.9. The normalized spacial score (nSPS) is 10.8. The minimum absolute atomic E-state index is 0.175. The number of fused-ring (bicyclic) bond motifs is 1. The van der Waals surface area contributed by atoms with Gasteiger partial charge in [-0.1, -0.05) is 22.0 Å². The Morgan fingerprint density at radius 1 is 1.19 bits per heavy atom. The Hall–Kier alpha value is -1.12. The van der Waals surface area contributed by atoms with Gasteiger partial charge in [0.2, 0.25) is 0 Å². The van der Waals surface area contributed by atoms with Crippen LogP contribution >= 0.6 is 49.9 Å². The third-order valence-corrected chi connectivity index (χ3v) is 5.38. The fourth-order valence-corrected chi connectivity index (χ4v) is 3.91. The first-order valence-corrected chi connectivity index (χ1v) is 8.78.